The van der Waals surface area contributed by atoms with E-state index in [1.165, 1.54) is 5.69 Å². The number of aryl methyl sites for hydroxylation is 1. The van der Waals surface area contributed by atoms with E-state index in [4.69, 9.17) is 5.11 Å². The van der Waals surface area contributed by atoms with Crippen LogP contribution >= 0.6 is 0 Å². The Morgan fingerprint density at radius 3 is 3.00 bits per heavy atom. The fourth-order valence-electron chi connectivity index (χ4n) is 1.26. The first-order valence-corrected chi connectivity index (χ1v) is 4.76. The zero-order valence-electron chi connectivity index (χ0n) is 8.33. The number of rotatable bonds is 5. The van der Waals surface area contributed by atoms with E-state index in [2.05, 4.69) is 29.1 Å². The molecule has 0 aliphatic heterocycles. The number of aliphatic hydroxyl groups excluding tert-OH is 1. The Morgan fingerprint density at radius 2 is 2.38 bits per heavy atom. The Kier molecular flexibility index (Phi) is 3.99. The summed E-state index contributed by atoms with van der Waals surface area (Å²) in [4.78, 5) is 0. The first kappa shape index (κ1) is 10.3. The second-order valence-corrected chi connectivity index (χ2v) is 3.25. The average Bonchev–Trinajstić information content (AvgIpc) is 2.61. The zero-order chi connectivity index (χ0) is 9.68. The lowest BCUT2D eigenvalue weighted by atomic mass is 10.3. The number of aromatic nitrogens is 1. The molecule has 1 aromatic heterocycles. The smallest absolute Gasteiger partial charge is 0.0582 e. The van der Waals surface area contributed by atoms with Crippen LogP contribution in [0.3, 0.4) is 0 Å². The van der Waals surface area contributed by atoms with E-state index < -0.39 is 0 Å². The van der Waals surface area contributed by atoms with E-state index in [-0.39, 0.29) is 12.6 Å². The molecule has 0 spiro atoms. The molecule has 1 aromatic rings. The molecule has 2 N–H and O–H groups in total. The largest absolute Gasteiger partial charge is 0.395 e. The molecule has 0 aromatic carbocycles. The molecule has 0 radical (unpaired) electrons. The van der Waals surface area contributed by atoms with Crippen LogP contribution in [0.4, 0.5) is 0 Å². The molecule has 0 saturated heterocycles. The first-order valence-electron chi connectivity index (χ1n) is 4.76. The second kappa shape index (κ2) is 5.04. The molecule has 74 valence electrons. The molecule has 1 rings (SSSR count). The lowest BCUT2D eigenvalue weighted by Gasteiger charge is -2.11. The maximum absolute atomic E-state index is 8.82. The lowest BCUT2D eigenvalue weighted by molar-refractivity contribution is 0.250. The van der Waals surface area contributed by atoms with Crippen LogP contribution in [0.25, 0.3) is 0 Å². The third kappa shape index (κ3) is 2.86. The van der Waals surface area contributed by atoms with Crippen molar-refractivity contribution < 1.29 is 5.11 Å². The fourth-order valence-corrected chi connectivity index (χ4v) is 1.26. The van der Waals surface area contributed by atoms with E-state index in [9.17, 15) is 0 Å². The average molecular weight is 182 g/mol. The highest BCUT2D eigenvalue weighted by Gasteiger charge is 2.01. The Hall–Kier alpha value is -0.800. The molecule has 0 aliphatic carbocycles. The Bertz CT molecular complexity index is 245. The SMILES string of the molecule is CCn1cccc1CN[C@H](C)CO. The van der Waals surface area contributed by atoms with Gasteiger partial charge in [-0.1, -0.05) is 0 Å². The van der Waals surface area contributed by atoms with Crippen molar-refractivity contribution in [2.75, 3.05) is 6.61 Å². The van der Waals surface area contributed by atoms with E-state index in [0.29, 0.717) is 0 Å². The van der Waals surface area contributed by atoms with Gasteiger partial charge in [0.2, 0.25) is 0 Å². The monoisotopic (exact) mass is 182 g/mol. The van der Waals surface area contributed by atoms with E-state index in [1.54, 1.807) is 0 Å². The summed E-state index contributed by atoms with van der Waals surface area (Å²) in [5.74, 6) is 0. The number of nitrogens with zero attached hydrogens (tertiary/aromatic N) is 1. The van der Waals surface area contributed by atoms with Crippen molar-refractivity contribution in [1.82, 2.24) is 9.88 Å². The zero-order valence-corrected chi connectivity index (χ0v) is 8.33. The molecule has 3 heteroatoms. The van der Waals surface area contributed by atoms with Crippen molar-refractivity contribution in [2.45, 2.75) is 33.0 Å². The molecule has 0 aliphatic rings. The highest BCUT2D eigenvalue weighted by Crippen LogP contribution is 2.01. The Balaban J connectivity index is 2.44. The predicted molar refractivity (Wildman–Crippen MR) is 53.5 cm³/mol. The highest BCUT2D eigenvalue weighted by molar-refractivity contribution is 5.06. The van der Waals surface area contributed by atoms with Crippen LogP contribution in [-0.4, -0.2) is 22.3 Å². The van der Waals surface area contributed by atoms with Gasteiger partial charge in [0.25, 0.3) is 0 Å². The topological polar surface area (TPSA) is 37.2 Å². The summed E-state index contributed by atoms with van der Waals surface area (Å²) in [5.41, 5.74) is 1.27. The van der Waals surface area contributed by atoms with Gasteiger partial charge in [0.1, 0.15) is 0 Å². The van der Waals surface area contributed by atoms with Crippen LogP contribution < -0.4 is 5.32 Å². The molecule has 13 heavy (non-hydrogen) atoms. The Morgan fingerprint density at radius 1 is 1.62 bits per heavy atom. The Labute approximate surface area is 79.4 Å². The second-order valence-electron chi connectivity index (χ2n) is 3.25. The minimum atomic E-state index is 0.167. The summed E-state index contributed by atoms with van der Waals surface area (Å²) in [5, 5.41) is 12.1. The van der Waals surface area contributed by atoms with Crippen molar-refractivity contribution in [1.29, 1.82) is 0 Å². The third-order valence-corrected chi connectivity index (χ3v) is 2.17. The quantitative estimate of drug-likeness (QED) is 0.712. The van der Waals surface area contributed by atoms with Crippen LogP contribution in [0.1, 0.15) is 19.5 Å². The number of aliphatic hydroxyl groups is 1. The molecule has 0 fully saturated rings. The van der Waals surface area contributed by atoms with Gasteiger partial charge in [0.05, 0.1) is 6.61 Å². The number of hydrogen-bond acceptors (Lipinski definition) is 2. The number of nitrogens with one attached hydrogen (secondary N) is 1. The van der Waals surface area contributed by atoms with E-state index in [0.717, 1.165) is 13.1 Å². The van der Waals surface area contributed by atoms with Crippen molar-refractivity contribution in [2.24, 2.45) is 0 Å². The van der Waals surface area contributed by atoms with Gasteiger partial charge in [0.15, 0.2) is 0 Å². The molecule has 3 nitrogen and oxygen atoms in total. The van der Waals surface area contributed by atoms with Crippen molar-refractivity contribution >= 4 is 0 Å². The van der Waals surface area contributed by atoms with E-state index >= 15 is 0 Å². The fraction of sp³-hybridized carbons (Fsp3) is 0.600. The molecule has 0 unspecified atom stereocenters. The highest BCUT2D eigenvalue weighted by atomic mass is 16.3. The molecule has 0 saturated carbocycles. The van der Waals surface area contributed by atoms with Gasteiger partial charge in [-0.15, -0.1) is 0 Å². The minimum absolute atomic E-state index is 0.167. The summed E-state index contributed by atoms with van der Waals surface area (Å²) in [7, 11) is 0. The molecule has 1 atom stereocenters. The van der Waals surface area contributed by atoms with Gasteiger partial charge in [0, 0.05) is 31.0 Å². The maximum atomic E-state index is 8.82. The van der Waals surface area contributed by atoms with Crippen molar-refractivity contribution in [3.63, 3.8) is 0 Å². The molecular formula is C10H18N2O. The van der Waals surface area contributed by atoms with Gasteiger partial charge in [-0.3, -0.25) is 0 Å². The molecule has 0 bridgehead atoms. The van der Waals surface area contributed by atoms with Crippen LogP contribution in [0.2, 0.25) is 0 Å². The van der Waals surface area contributed by atoms with Gasteiger partial charge < -0.3 is 15.0 Å². The normalized spacial score (nSPS) is 13.2. The first-order chi connectivity index (χ1) is 6.27. The number of hydrogen-bond donors (Lipinski definition) is 2. The van der Waals surface area contributed by atoms with Gasteiger partial charge in [-0.25, -0.2) is 0 Å². The van der Waals surface area contributed by atoms with Crippen LogP contribution in [0.5, 0.6) is 0 Å². The van der Waals surface area contributed by atoms with Gasteiger partial charge in [-0.2, -0.15) is 0 Å². The summed E-state index contributed by atoms with van der Waals surface area (Å²) in [6, 6.07) is 4.31. The predicted octanol–water partition coefficient (Wildman–Crippen LogP) is 0.978. The standard InChI is InChI=1S/C10H18N2O/c1-3-12-6-4-5-10(12)7-11-9(2)8-13/h4-6,9,11,13H,3,7-8H2,1-2H3/t9-/m1/s1. The van der Waals surface area contributed by atoms with Gasteiger partial charge in [-0.05, 0) is 26.0 Å². The van der Waals surface area contributed by atoms with Crippen LogP contribution in [-0.2, 0) is 13.1 Å². The summed E-state index contributed by atoms with van der Waals surface area (Å²) < 4.78 is 2.19. The summed E-state index contributed by atoms with van der Waals surface area (Å²) in [6.45, 7) is 6.10. The summed E-state index contributed by atoms with van der Waals surface area (Å²) in [6.07, 6.45) is 2.07. The van der Waals surface area contributed by atoms with Crippen LogP contribution in [0, 0.1) is 0 Å². The summed E-state index contributed by atoms with van der Waals surface area (Å²) >= 11 is 0. The third-order valence-electron chi connectivity index (χ3n) is 2.17. The maximum Gasteiger partial charge on any atom is 0.0582 e. The van der Waals surface area contributed by atoms with Crippen LogP contribution in [0.15, 0.2) is 18.3 Å². The van der Waals surface area contributed by atoms with Gasteiger partial charge >= 0.3 is 0 Å². The molecule has 0 amide bonds. The molecule has 1 heterocycles. The molecular weight excluding hydrogens is 164 g/mol. The van der Waals surface area contributed by atoms with Crippen molar-refractivity contribution in [3.05, 3.63) is 24.0 Å². The van der Waals surface area contributed by atoms with E-state index in [1.807, 2.05) is 13.0 Å². The lowest BCUT2D eigenvalue weighted by Crippen LogP contribution is -2.29. The van der Waals surface area contributed by atoms with Crippen molar-refractivity contribution in [3.8, 4) is 0 Å². The minimum Gasteiger partial charge on any atom is -0.395 e.